The maximum atomic E-state index is 11.9. The summed E-state index contributed by atoms with van der Waals surface area (Å²) in [7, 11) is 1.55. The van der Waals surface area contributed by atoms with Crippen molar-refractivity contribution in [3.05, 3.63) is 63.3 Å². The summed E-state index contributed by atoms with van der Waals surface area (Å²) in [6, 6.07) is 11.0. The Morgan fingerprint density at radius 1 is 1.16 bits per heavy atom. The van der Waals surface area contributed by atoms with Gasteiger partial charge in [0.25, 0.3) is 5.91 Å². The lowest BCUT2D eigenvalue weighted by atomic mass is 10.2. The molecular formula is C20H21Cl2N5O4. The monoisotopic (exact) mass is 465 g/mol. The third kappa shape index (κ3) is 6.24. The van der Waals surface area contributed by atoms with Gasteiger partial charge in [0.05, 0.1) is 12.1 Å². The Balaban J connectivity index is 1.51. The molecule has 0 aliphatic carbocycles. The highest BCUT2D eigenvalue weighted by atomic mass is 35.5. The molecule has 3 aromatic rings. The highest BCUT2D eigenvalue weighted by Crippen LogP contribution is 2.37. The summed E-state index contributed by atoms with van der Waals surface area (Å²) >= 11 is 12.4. The summed E-state index contributed by atoms with van der Waals surface area (Å²) in [6.07, 6.45) is 0. The Hall–Kier alpha value is -3.01. The molecule has 9 nitrogen and oxygen atoms in total. The number of nitrogens with zero attached hydrogens (tertiary/aromatic N) is 2. The summed E-state index contributed by atoms with van der Waals surface area (Å²) in [5.74, 6) is 0.476. The van der Waals surface area contributed by atoms with E-state index in [2.05, 4.69) is 25.6 Å². The Morgan fingerprint density at radius 2 is 2.00 bits per heavy atom. The fraction of sp³-hybridized carbons (Fsp3) is 0.250. The van der Waals surface area contributed by atoms with Crippen molar-refractivity contribution in [2.45, 2.75) is 13.2 Å². The first-order chi connectivity index (χ1) is 15.0. The van der Waals surface area contributed by atoms with E-state index in [1.807, 2.05) is 24.3 Å². The summed E-state index contributed by atoms with van der Waals surface area (Å²) < 4.78 is 15.7. The third-order valence-corrected chi connectivity index (χ3v) is 4.72. The van der Waals surface area contributed by atoms with Crippen molar-refractivity contribution in [3.63, 3.8) is 0 Å². The zero-order chi connectivity index (χ0) is 22.2. The normalized spacial score (nSPS) is 10.7. The maximum absolute atomic E-state index is 11.9. The molecule has 1 aromatic heterocycles. The van der Waals surface area contributed by atoms with Crippen molar-refractivity contribution in [3.8, 4) is 11.5 Å². The van der Waals surface area contributed by atoms with Crippen LogP contribution in [0.5, 0.6) is 11.5 Å². The second-order valence-corrected chi connectivity index (χ2v) is 7.30. The number of amides is 1. The van der Waals surface area contributed by atoms with E-state index in [1.54, 1.807) is 19.2 Å². The smallest absolute Gasteiger partial charge is 0.277 e. The van der Waals surface area contributed by atoms with E-state index in [0.717, 1.165) is 11.1 Å². The molecule has 0 aliphatic heterocycles. The predicted octanol–water partition coefficient (Wildman–Crippen LogP) is 3.07. The first-order valence-corrected chi connectivity index (χ1v) is 10.0. The number of nitrogens with two attached hydrogens (primary N) is 1. The van der Waals surface area contributed by atoms with Crippen LogP contribution >= 0.6 is 23.2 Å². The summed E-state index contributed by atoms with van der Waals surface area (Å²) in [6.45, 7) is 1.67. The van der Waals surface area contributed by atoms with E-state index < -0.39 is 5.91 Å². The van der Waals surface area contributed by atoms with Crippen LogP contribution in [0.15, 0.2) is 41.0 Å². The number of benzene rings is 2. The molecule has 0 saturated heterocycles. The molecule has 164 valence electrons. The van der Waals surface area contributed by atoms with Gasteiger partial charge in [0.2, 0.25) is 11.5 Å². The van der Waals surface area contributed by atoms with Gasteiger partial charge >= 0.3 is 0 Å². The van der Waals surface area contributed by atoms with E-state index >= 15 is 0 Å². The zero-order valence-electron chi connectivity index (χ0n) is 16.7. The van der Waals surface area contributed by atoms with Crippen LogP contribution in [0, 0.1) is 0 Å². The standard InChI is InChI=1S/C20H21Cl2N5O4/c1-29-16-9-13(10-24-5-6-25-20(28)17-19(23)27-31-26-17)8-15(22)18(16)30-11-12-3-2-4-14(21)7-12/h2-4,7-9,24H,5-6,10-11H2,1H3,(H2,23,27)(H,25,28). The van der Waals surface area contributed by atoms with E-state index in [9.17, 15) is 4.79 Å². The number of rotatable bonds is 10. The number of aromatic nitrogens is 2. The molecule has 1 heterocycles. The lowest BCUT2D eigenvalue weighted by Crippen LogP contribution is -2.32. The van der Waals surface area contributed by atoms with Crippen molar-refractivity contribution in [1.82, 2.24) is 20.9 Å². The van der Waals surface area contributed by atoms with Gasteiger partial charge in [0.1, 0.15) is 6.61 Å². The van der Waals surface area contributed by atoms with Crippen LogP contribution in [0.4, 0.5) is 5.82 Å². The average Bonchev–Trinajstić information content (AvgIpc) is 3.18. The highest BCUT2D eigenvalue weighted by Gasteiger charge is 2.15. The number of ether oxygens (including phenoxy) is 2. The molecule has 2 aromatic carbocycles. The number of nitrogen functional groups attached to an aromatic ring is 1. The molecule has 4 N–H and O–H groups in total. The fourth-order valence-corrected chi connectivity index (χ4v) is 3.23. The molecular weight excluding hydrogens is 445 g/mol. The van der Waals surface area contributed by atoms with Gasteiger partial charge in [-0.05, 0) is 45.7 Å². The molecule has 0 spiro atoms. The van der Waals surface area contributed by atoms with Crippen LogP contribution in [0.2, 0.25) is 10.0 Å². The fourth-order valence-electron chi connectivity index (χ4n) is 2.73. The van der Waals surface area contributed by atoms with Crippen LogP contribution in [0.25, 0.3) is 0 Å². The van der Waals surface area contributed by atoms with Gasteiger partial charge in [-0.25, -0.2) is 4.63 Å². The summed E-state index contributed by atoms with van der Waals surface area (Å²) in [5.41, 5.74) is 7.26. The first-order valence-electron chi connectivity index (χ1n) is 9.28. The quantitative estimate of drug-likeness (QED) is 0.390. The van der Waals surface area contributed by atoms with Crippen molar-refractivity contribution in [2.75, 3.05) is 25.9 Å². The van der Waals surface area contributed by atoms with Crippen molar-refractivity contribution in [2.24, 2.45) is 0 Å². The van der Waals surface area contributed by atoms with Gasteiger partial charge in [-0.3, -0.25) is 4.79 Å². The Labute approximate surface area is 188 Å². The second kappa shape index (κ2) is 10.9. The first kappa shape index (κ1) is 22.7. The van der Waals surface area contributed by atoms with Crippen LogP contribution in [-0.2, 0) is 13.2 Å². The predicted molar refractivity (Wildman–Crippen MR) is 117 cm³/mol. The maximum Gasteiger partial charge on any atom is 0.277 e. The molecule has 0 radical (unpaired) electrons. The second-order valence-electron chi connectivity index (χ2n) is 6.46. The van der Waals surface area contributed by atoms with E-state index in [1.165, 1.54) is 0 Å². The lowest BCUT2D eigenvalue weighted by Gasteiger charge is -2.15. The number of halogens is 2. The summed E-state index contributed by atoms with van der Waals surface area (Å²) in [5, 5.41) is 13.7. The van der Waals surface area contributed by atoms with Gasteiger partial charge in [0.15, 0.2) is 11.5 Å². The van der Waals surface area contributed by atoms with Crippen LogP contribution < -0.4 is 25.8 Å². The largest absolute Gasteiger partial charge is 0.493 e. The molecule has 1 amide bonds. The molecule has 0 fully saturated rings. The van der Waals surface area contributed by atoms with E-state index in [-0.39, 0.29) is 11.5 Å². The van der Waals surface area contributed by atoms with Gasteiger partial charge in [-0.15, -0.1) is 0 Å². The van der Waals surface area contributed by atoms with Crippen molar-refractivity contribution in [1.29, 1.82) is 0 Å². The minimum absolute atomic E-state index is 0.0371. The number of hydrogen-bond acceptors (Lipinski definition) is 8. The molecule has 0 unspecified atom stereocenters. The van der Waals surface area contributed by atoms with Crippen LogP contribution in [0.1, 0.15) is 21.6 Å². The molecule has 0 bridgehead atoms. The third-order valence-electron chi connectivity index (χ3n) is 4.21. The Bertz CT molecular complexity index is 1040. The van der Waals surface area contributed by atoms with Crippen molar-refractivity contribution < 1.29 is 18.9 Å². The molecule has 0 saturated carbocycles. The molecule has 3 rings (SSSR count). The number of nitrogens with one attached hydrogen (secondary N) is 2. The summed E-state index contributed by atoms with van der Waals surface area (Å²) in [4.78, 5) is 11.9. The van der Waals surface area contributed by atoms with E-state index in [0.29, 0.717) is 47.8 Å². The van der Waals surface area contributed by atoms with E-state index in [4.69, 9.17) is 38.4 Å². The number of carbonyl (C=O) groups excluding carboxylic acids is 1. The highest BCUT2D eigenvalue weighted by molar-refractivity contribution is 6.32. The molecule has 11 heteroatoms. The Morgan fingerprint density at radius 3 is 2.71 bits per heavy atom. The molecule has 0 atom stereocenters. The minimum atomic E-state index is -0.452. The zero-order valence-corrected chi connectivity index (χ0v) is 18.2. The van der Waals surface area contributed by atoms with Crippen LogP contribution in [0.3, 0.4) is 0 Å². The average molecular weight is 466 g/mol. The molecule has 31 heavy (non-hydrogen) atoms. The van der Waals surface area contributed by atoms with Crippen LogP contribution in [-0.4, -0.2) is 36.4 Å². The van der Waals surface area contributed by atoms with Crippen molar-refractivity contribution >= 4 is 34.9 Å². The Kier molecular flexibility index (Phi) is 7.94. The number of anilines is 1. The van der Waals surface area contributed by atoms with Gasteiger partial charge in [-0.2, -0.15) is 0 Å². The number of methoxy groups -OCH3 is 1. The SMILES string of the molecule is COc1cc(CNCCNC(=O)c2nonc2N)cc(Cl)c1OCc1cccc(Cl)c1. The molecule has 0 aliphatic rings. The van der Waals surface area contributed by atoms with Gasteiger partial charge in [-0.1, -0.05) is 35.3 Å². The van der Waals surface area contributed by atoms with Gasteiger partial charge < -0.3 is 25.8 Å². The lowest BCUT2D eigenvalue weighted by molar-refractivity contribution is 0.0944. The topological polar surface area (TPSA) is 125 Å². The number of hydrogen-bond donors (Lipinski definition) is 3. The van der Waals surface area contributed by atoms with Gasteiger partial charge in [0, 0.05) is 24.7 Å². The number of carbonyl (C=O) groups is 1. The minimum Gasteiger partial charge on any atom is -0.493 e.